The molecule has 0 spiro atoms. The lowest BCUT2D eigenvalue weighted by Crippen LogP contribution is -2.25. The van der Waals surface area contributed by atoms with Gasteiger partial charge in [-0.3, -0.25) is 9.59 Å². The van der Waals surface area contributed by atoms with E-state index < -0.39 is 0 Å². The molecule has 1 aromatic carbocycles. The lowest BCUT2D eigenvalue weighted by atomic mass is 10.2. The molecular formula is C15H21N3O3. The zero-order chi connectivity index (χ0) is 15.8. The Kier molecular flexibility index (Phi) is 6.39. The molecule has 6 heteroatoms. The van der Waals surface area contributed by atoms with Crippen molar-refractivity contribution >= 4 is 23.2 Å². The van der Waals surface area contributed by atoms with Crippen LogP contribution in [0.2, 0.25) is 0 Å². The third-order valence-electron chi connectivity index (χ3n) is 2.68. The lowest BCUT2D eigenvalue weighted by Gasteiger charge is -2.09. The number of nitrogens with zero attached hydrogens (tertiary/aromatic N) is 1. The molecule has 21 heavy (non-hydrogen) atoms. The summed E-state index contributed by atoms with van der Waals surface area (Å²) in [5.74, 6) is 0.0385. The predicted molar refractivity (Wildman–Crippen MR) is 82.3 cm³/mol. The van der Waals surface area contributed by atoms with Gasteiger partial charge in [-0.25, -0.2) is 5.43 Å². The van der Waals surface area contributed by atoms with Crippen molar-refractivity contribution in [3.63, 3.8) is 0 Å². The number of benzene rings is 1. The zero-order valence-electron chi connectivity index (χ0n) is 12.8. The third-order valence-corrected chi connectivity index (χ3v) is 2.68. The molecule has 0 radical (unpaired) electrons. The van der Waals surface area contributed by atoms with Gasteiger partial charge in [0.05, 0.1) is 19.2 Å². The van der Waals surface area contributed by atoms with Crippen molar-refractivity contribution in [2.75, 3.05) is 12.4 Å². The summed E-state index contributed by atoms with van der Waals surface area (Å²) in [7, 11) is 1.54. The van der Waals surface area contributed by atoms with Gasteiger partial charge >= 0.3 is 0 Å². The average Bonchev–Trinajstić information content (AvgIpc) is 2.45. The van der Waals surface area contributed by atoms with Crippen molar-refractivity contribution in [1.29, 1.82) is 0 Å². The van der Waals surface area contributed by atoms with Crippen LogP contribution in [0.3, 0.4) is 0 Å². The predicted octanol–water partition coefficient (Wildman–Crippen LogP) is 2.17. The van der Waals surface area contributed by atoms with Gasteiger partial charge in [0.15, 0.2) is 0 Å². The summed E-state index contributed by atoms with van der Waals surface area (Å²) in [5, 5.41) is 6.64. The van der Waals surface area contributed by atoms with Crippen molar-refractivity contribution in [1.82, 2.24) is 5.43 Å². The first kappa shape index (κ1) is 16.7. The highest BCUT2D eigenvalue weighted by Gasteiger charge is 2.09. The first-order valence-corrected chi connectivity index (χ1v) is 6.70. The summed E-state index contributed by atoms with van der Waals surface area (Å²) in [6.07, 6.45) is 0.0937. The zero-order valence-corrected chi connectivity index (χ0v) is 12.8. The highest BCUT2D eigenvalue weighted by molar-refractivity contribution is 6.06. The number of anilines is 1. The average molecular weight is 291 g/mol. The molecule has 0 aromatic heterocycles. The molecule has 0 fully saturated rings. The van der Waals surface area contributed by atoms with Crippen molar-refractivity contribution in [2.45, 2.75) is 27.2 Å². The highest BCUT2D eigenvalue weighted by Crippen LogP contribution is 2.22. The molecule has 1 rings (SSSR count). The van der Waals surface area contributed by atoms with Crippen molar-refractivity contribution in [3.05, 3.63) is 24.3 Å². The van der Waals surface area contributed by atoms with Crippen LogP contribution >= 0.6 is 0 Å². The Labute approximate surface area is 124 Å². The van der Waals surface area contributed by atoms with E-state index in [4.69, 9.17) is 4.74 Å². The second-order valence-corrected chi connectivity index (χ2v) is 4.90. The van der Waals surface area contributed by atoms with E-state index >= 15 is 0 Å². The maximum absolute atomic E-state index is 11.9. The van der Waals surface area contributed by atoms with Crippen molar-refractivity contribution < 1.29 is 14.3 Å². The maximum Gasteiger partial charge on any atom is 0.242 e. The van der Waals surface area contributed by atoms with Crippen LogP contribution in [0.25, 0.3) is 0 Å². The Balaban J connectivity index is 2.57. The van der Waals surface area contributed by atoms with Gasteiger partial charge in [-0.2, -0.15) is 5.10 Å². The Hall–Kier alpha value is -2.37. The number of carbonyl (C=O) groups excluding carboxylic acids is 2. The molecule has 0 unspecified atom stereocenters. The van der Waals surface area contributed by atoms with E-state index in [0.29, 0.717) is 17.1 Å². The standard InChI is InChI=1S/C15H21N3O3/c1-10(2)15(20)18-17-11(3)9-14(19)16-12-7-5-6-8-13(12)21-4/h5-8,10H,9H2,1-4H3,(H,16,19)(H,18,20)/b17-11+. The minimum atomic E-state index is -0.223. The van der Waals surface area contributed by atoms with E-state index in [0.717, 1.165) is 0 Å². The number of amides is 2. The minimum absolute atomic E-state index is 0.0937. The molecule has 0 heterocycles. The Morgan fingerprint density at radius 1 is 1.29 bits per heavy atom. The number of hydrogen-bond donors (Lipinski definition) is 2. The van der Waals surface area contributed by atoms with Crippen LogP contribution in [0.5, 0.6) is 5.75 Å². The number of ether oxygens (including phenoxy) is 1. The molecule has 0 aliphatic carbocycles. The molecule has 2 N–H and O–H groups in total. The van der Waals surface area contributed by atoms with Gasteiger partial charge < -0.3 is 10.1 Å². The summed E-state index contributed by atoms with van der Waals surface area (Å²) in [6.45, 7) is 5.23. The van der Waals surface area contributed by atoms with Crippen molar-refractivity contribution in [2.24, 2.45) is 11.0 Å². The molecule has 0 bridgehead atoms. The number of methoxy groups -OCH3 is 1. The molecule has 0 saturated carbocycles. The topological polar surface area (TPSA) is 79.8 Å². The van der Waals surface area contributed by atoms with Crippen LogP contribution in [-0.4, -0.2) is 24.6 Å². The Morgan fingerprint density at radius 2 is 1.95 bits per heavy atom. The fourth-order valence-corrected chi connectivity index (χ4v) is 1.49. The summed E-state index contributed by atoms with van der Waals surface area (Å²) in [5.41, 5.74) is 3.54. The molecule has 0 saturated heterocycles. The van der Waals surface area contributed by atoms with Gasteiger partial charge in [0.2, 0.25) is 11.8 Å². The van der Waals surface area contributed by atoms with E-state index in [9.17, 15) is 9.59 Å². The number of rotatable bonds is 6. The molecule has 0 atom stereocenters. The van der Waals surface area contributed by atoms with E-state index in [1.807, 2.05) is 12.1 Å². The number of hydrazone groups is 1. The van der Waals surface area contributed by atoms with E-state index in [-0.39, 0.29) is 24.2 Å². The van der Waals surface area contributed by atoms with Gasteiger partial charge in [0.1, 0.15) is 5.75 Å². The first-order valence-electron chi connectivity index (χ1n) is 6.70. The second kappa shape index (κ2) is 8.04. The normalized spacial score (nSPS) is 11.2. The van der Waals surface area contributed by atoms with E-state index in [2.05, 4.69) is 15.8 Å². The Morgan fingerprint density at radius 3 is 2.57 bits per heavy atom. The maximum atomic E-state index is 11.9. The number of para-hydroxylation sites is 2. The van der Waals surface area contributed by atoms with Crippen LogP contribution in [0.15, 0.2) is 29.4 Å². The van der Waals surface area contributed by atoms with Crippen molar-refractivity contribution in [3.8, 4) is 5.75 Å². The van der Waals surface area contributed by atoms with E-state index in [1.54, 1.807) is 40.0 Å². The smallest absolute Gasteiger partial charge is 0.242 e. The highest BCUT2D eigenvalue weighted by atomic mass is 16.5. The third kappa shape index (κ3) is 5.64. The summed E-state index contributed by atoms with van der Waals surface area (Å²) >= 11 is 0. The van der Waals surface area contributed by atoms with Gasteiger partial charge in [-0.1, -0.05) is 26.0 Å². The quantitative estimate of drug-likeness (QED) is 0.622. The molecule has 6 nitrogen and oxygen atoms in total. The van der Waals surface area contributed by atoms with Gasteiger partial charge in [0.25, 0.3) is 0 Å². The number of hydrogen-bond acceptors (Lipinski definition) is 4. The molecular weight excluding hydrogens is 270 g/mol. The Bertz CT molecular complexity index is 539. The first-order chi connectivity index (χ1) is 9.93. The largest absolute Gasteiger partial charge is 0.495 e. The van der Waals surface area contributed by atoms with Crippen LogP contribution < -0.4 is 15.5 Å². The number of carbonyl (C=O) groups is 2. The molecule has 2 amide bonds. The molecule has 1 aromatic rings. The molecule has 114 valence electrons. The monoisotopic (exact) mass is 291 g/mol. The lowest BCUT2D eigenvalue weighted by molar-refractivity contribution is -0.124. The van der Waals surface area contributed by atoms with Crippen LogP contribution in [-0.2, 0) is 9.59 Å². The molecule has 0 aliphatic heterocycles. The fraction of sp³-hybridized carbons (Fsp3) is 0.400. The summed E-state index contributed by atoms with van der Waals surface area (Å²) in [6, 6.07) is 7.15. The molecule has 0 aliphatic rings. The minimum Gasteiger partial charge on any atom is -0.495 e. The van der Waals surface area contributed by atoms with Crippen LogP contribution in [0.1, 0.15) is 27.2 Å². The van der Waals surface area contributed by atoms with Gasteiger partial charge in [-0.15, -0.1) is 0 Å². The SMILES string of the molecule is COc1ccccc1NC(=O)C/C(C)=N/NC(=O)C(C)C. The van der Waals surface area contributed by atoms with Gasteiger partial charge in [-0.05, 0) is 19.1 Å². The van der Waals surface area contributed by atoms with E-state index in [1.165, 1.54) is 0 Å². The van der Waals surface area contributed by atoms with Crippen LogP contribution in [0, 0.1) is 5.92 Å². The number of nitrogens with one attached hydrogen (secondary N) is 2. The second-order valence-electron chi connectivity index (χ2n) is 4.90. The van der Waals surface area contributed by atoms with Gasteiger partial charge in [0, 0.05) is 11.6 Å². The summed E-state index contributed by atoms with van der Waals surface area (Å²) < 4.78 is 5.15. The van der Waals surface area contributed by atoms with Crippen LogP contribution in [0.4, 0.5) is 5.69 Å². The fourth-order valence-electron chi connectivity index (χ4n) is 1.49. The summed E-state index contributed by atoms with van der Waals surface area (Å²) in [4.78, 5) is 23.3.